The van der Waals surface area contributed by atoms with Crippen molar-refractivity contribution in [2.75, 3.05) is 5.73 Å². The number of benzene rings is 1. The van der Waals surface area contributed by atoms with Gasteiger partial charge in [-0.25, -0.2) is 0 Å². The molecule has 0 saturated carbocycles. The van der Waals surface area contributed by atoms with E-state index < -0.39 is 0 Å². The average Bonchev–Trinajstić information content (AvgIpc) is 2.32. The molecule has 2 rings (SSSR count). The van der Waals surface area contributed by atoms with Gasteiger partial charge in [0, 0.05) is 35.6 Å². The van der Waals surface area contributed by atoms with Crippen molar-refractivity contribution in [1.82, 2.24) is 4.98 Å². The summed E-state index contributed by atoms with van der Waals surface area (Å²) in [6, 6.07) is 9.27. The number of pyridine rings is 1. The van der Waals surface area contributed by atoms with Gasteiger partial charge < -0.3 is 5.73 Å². The van der Waals surface area contributed by atoms with E-state index in [9.17, 15) is 4.79 Å². The van der Waals surface area contributed by atoms with Gasteiger partial charge in [-0.1, -0.05) is 24.3 Å². The molecule has 2 aromatic rings. The zero-order valence-corrected chi connectivity index (χ0v) is 9.68. The molecule has 0 amide bonds. The van der Waals surface area contributed by atoms with Gasteiger partial charge in [-0.2, -0.15) is 0 Å². The van der Waals surface area contributed by atoms with Crippen LogP contribution in [0.25, 0.3) is 0 Å². The van der Waals surface area contributed by atoms with Gasteiger partial charge in [-0.15, -0.1) is 0 Å². The number of hydrogen-bond donors (Lipinski definition) is 1. The Balaban J connectivity index is 2.24. The largest absolute Gasteiger partial charge is 0.398 e. The molecule has 17 heavy (non-hydrogen) atoms. The number of nitrogens with two attached hydrogens (primary N) is 1. The third-order valence-corrected chi connectivity index (χ3v) is 2.74. The molecular formula is C14H14N2O. The zero-order chi connectivity index (χ0) is 12.3. The van der Waals surface area contributed by atoms with Crippen LogP contribution in [0.1, 0.15) is 21.5 Å². The second-order valence-electron chi connectivity index (χ2n) is 3.99. The predicted molar refractivity (Wildman–Crippen MR) is 67.9 cm³/mol. The number of carbonyl (C=O) groups excluding carboxylic acids is 1. The van der Waals surface area contributed by atoms with E-state index in [1.807, 2.05) is 31.2 Å². The maximum Gasteiger partial charge on any atom is 0.167 e. The van der Waals surface area contributed by atoms with E-state index in [-0.39, 0.29) is 5.78 Å². The summed E-state index contributed by atoms with van der Waals surface area (Å²) < 4.78 is 0. The Bertz CT molecular complexity index is 549. The Hall–Kier alpha value is -2.16. The maximum atomic E-state index is 12.1. The van der Waals surface area contributed by atoms with E-state index >= 15 is 0 Å². The van der Waals surface area contributed by atoms with Gasteiger partial charge in [0.05, 0.1) is 0 Å². The SMILES string of the molecule is Cc1ccccc1C(=O)Cc1cnccc1N. The average molecular weight is 226 g/mol. The molecule has 1 heterocycles. The first-order chi connectivity index (χ1) is 8.18. The minimum Gasteiger partial charge on any atom is -0.398 e. The Morgan fingerprint density at radius 3 is 2.76 bits per heavy atom. The van der Waals surface area contributed by atoms with Gasteiger partial charge >= 0.3 is 0 Å². The molecule has 0 atom stereocenters. The van der Waals surface area contributed by atoms with Crippen molar-refractivity contribution < 1.29 is 4.79 Å². The van der Waals surface area contributed by atoms with E-state index in [1.165, 1.54) is 0 Å². The number of nitrogens with zero attached hydrogens (tertiary/aromatic N) is 1. The lowest BCUT2D eigenvalue weighted by atomic mass is 9.99. The van der Waals surface area contributed by atoms with Crippen LogP contribution in [0.3, 0.4) is 0 Å². The lowest BCUT2D eigenvalue weighted by Crippen LogP contribution is -2.07. The fourth-order valence-corrected chi connectivity index (χ4v) is 1.74. The molecule has 0 bridgehead atoms. The summed E-state index contributed by atoms with van der Waals surface area (Å²) in [5.41, 5.74) is 8.92. The number of Topliss-reactive ketones (excluding diaryl/α,β-unsaturated/α-hetero) is 1. The fraction of sp³-hybridized carbons (Fsp3) is 0.143. The first kappa shape index (κ1) is 11.3. The highest BCUT2D eigenvalue weighted by Gasteiger charge is 2.10. The van der Waals surface area contributed by atoms with Crippen LogP contribution in [0.2, 0.25) is 0 Å². The fourth-order valence-electron chi connectivity index (χ4n) is 1.74. The minimum atomic E-state index is 0.0720. The van der Waals surface area contributed by atoms with Gasteiger partial charge in [0.25, 0.3) is 0 Å². The minimum absolute atomic E-state index is 0.0720. The Morgan fingerprint density at radius 1 is 1.29 bits per heavy atom. The Kier molecular flexibility index (Phi) is 3.19. The molecule has 86 valence electrons. The van der Waals surface area contributed by atoms with Gasteiger partial charge in [0.15, 0.2) is 5.78 Å². The third kappa shape index (κ3) is 2.50. The van der Waals surface area contributed by atoms with Crippen LogP contribution in [-0.2, 0) is 6.42 Å². The van der Waals surface area contributed by atoms with Crippen molar-refractivity contribution in [3.05, 3.63) is 59.4 Å². The number of anilines is 1. The first-order valence-corrected chi connectivity index (χ1v) is 5.45. The molecule has 2 N–H and O–H groups in total. The van der Waals surface area contributed by atoms with Crippen LogP contribution >= 0.6 is 0 Å². The Morgan fingerprint density at radius 2 is 2.06 bits per heavy atom. The number of aromatic nitrogens is 1. The van der Waals surface area contributed by atoms with E-state index in [4.69, 9.17) is 5.73 Å². The van der Waals surface area contributed by atoms with Crippen LogP contribution < -0.4 is 5.73 Å². The summed E-state index contributed by atoms with van der Waals surface area (Å²) in [4.78, 5) is 16.1. The molecule has 1 aromatic carbocycles. The lowest BCUT2D eigenvalue weighted by molar-refractivity contribution is 0.0992. The van der Waals surface area contributed by atoms with Crippen LogP contribution in [0.5, 0.6) is 0 Å². The molecule has 0 aliphatic heterocycles. The summed E-state index contributed by atoms with van der Waals surface area (Å²) in [6.45, 7) is 1.93. The summed E-state index contributed by atoms with van der Waals surface area (Å²) in [7, 11) is 0. The molecule has 0 aliphatic rings. The van der Waals surface area contributed by atoms with E-state index in [0.29, 0.717) is 12.1 Å². The number of rotatable bonds is 3. The van der Waals surface area contributed by atoms with Gasteiger partial charge in [-0.3, -0.25) is 9.78 Å². The lowest BCUT2D eigenvalue weighted by Gasteiger charge is -2.06. The smallest absolute Gasteiger partial charge is 0.167 e. The van der Waals surface area contributed by atoms with Crippen molar-refractivity contribution in [3.63, 3.8) is 0 Å². The van der Waals surface area contributed by atoms with Gasteiger partial charge in [-0.05, 0) is 18.6 Å². The molecule has 1 aromatic heterocycles. The summed E-state index contributed by atoms with van der Waals surface area (Å²) in [5, 5.41) is 0. The van der Waals surface area contributed by atoms with Gasteiger partial charge in [0.1, 0.15) is 0 Å². The van der Waals surface area contributed by atoms with Crippen molar-refractivity contribution >= 4 is 11.5 Å². The molecule has 0 fully saturated rings. The topological polar surface area (TPSA) is 56.0 Å². The molecule has 0 unspecified atom stereocenters. The highest BCUT2D eigenvalue weighted by Crippen LogP contribution is 2.15. The standard InChI is InChI=1S/C14H14N2O/c1-10-4-2-3-5-12(10)14(17)8-11-9-16-7-6-13(11)15/h2-7,9H,8H2,1H3,(H2,15,16). The van der Waals surface area contributed by atoms with Crippen molar-refractivity contribution in [2.24, 2.45) is 0 Å². The molecule has 3 heteroatoms. The van der Waals surface area contributed by atoms with Crippen molar-refractivity contribution in [3.8, 4) is 0 Å². The summed E-state index contributed by atoms with van der Waals surface area (Å²) in [6.07, 6.45) is 3.56. The second kappa shape index (κ2) is 4.78. The van der Waals surface area contributed by atoms with Crippen LogP contribution in [0.4, 0.5) is 5.69 Å². The quantitative estimate of drug-likeness (QED) is 0.817. The number of aryl methyl sites for hydroxylation is 1. The highest BCUT2D eigenvalue weighted by molar-refractivity contribution is 5.99. The summed E-state index contributed by atoms with van der Waals surface area (Å²) >= 11 is 0. The molecule has 0 aliphatic carbocycles. The van der Waals surface area contributed by atoms with Crippen molar-refractivity contribution in [2.45, 2.75) is 13.3 Å². The molecule has 0 radical (unpaired) electrons. The predicted octanol–water partition coefficient (Wildman–Crippen LogP) is 2.40. The number of ketones is 1. The van der Waals surface area contributed by atoms with Crippen LogP contribution in [-0.4, -0.2) is 10.8 Å². The van der Waals surface area contributed by atoms with Gasteiger partial charge in [0.2, 0.25) is 0 Å². The number of hydrogen-bond acceptors (Lipinski definition) is 3. The second-order valence-corrected chi connectivity index (χ2v) is 3.99. The van der Waals surface area contributed by atoms with E-state index in [2.05, 4.69) is 4.98 Å². The molecular weight excluding hydrogens is 212 g/mol. The molecule has 3 nitrogen and oxygen atoms in total. The third-order valence-electron chi connectivity index (χ3n) is 2.74. The molecule has 0 saturated heterocycles. The number of nitrogen functional groups attached to an aromatic ring is 1. The first-order valence-electron chi connectivity index (χ1n) is 5.45. The Labute approximate surface area is 100 Å². The summed E-state index contributed by atoms with van der Waals surface area (Å²) in [5.74, 6) is 0.0720. The number of carbonyl (C=O) groups is 1. The zero-order valence-electron chi connectivity index (χ0n) is 9.68. The van der Waals surface area contributed by atoms with Crippen molar-refractivity contribution in [1.29, 1.82) is 0 Å². The van der Waals surface area contributed by atoms with E-state index in [1.54, 1.807) is 18.5 Å². The molecule has 0 spiro atoms. The maximum absolute atomic E-state index is 12.1. The van der Waals surface area contributed by atoms with Crippen LogP contribution in [0.15, 0.2) is 42.7 Å². The monoisotopic (exact) mass is 226 g/mol. The van der Waals surface area contributed by atoms with Crippen LogP contribution in [0, 0.1) is 6.92 Å². The van der Waals surface area contributed by atoms with E-state index in [0.717, 1.165) is 16.7 Å². The normalized spacial score (nSPS) is 10.2. The highest BCUT2D eigenvalue weighted by atomic mass is 16.1.